The third-order valence-corrected chi connectivity index (χ3v) is 3.33. The van der Waals surface area contributed by atoms with E-state index in [0.717, 1.165) is 23.9 Å². The number of hydrogen-bond acceptors (Lipinski definition) is 3. The molecule has 0 saturated carbocycles. The van der Waals surface area contributed by atoms with E-state index in [4.69, 9.17) is 0 Å². The summed E-state index contributed by atoms with van der Waals surface area (Å²) in [5.74, 6) is 0. The van der Waals surface area contributed by atoms with E-state index in [-0.39, 0.29) is 10.6 Å². The number of aromatic nitrogens is 2. The van der Waals surface area contributed by atoms with E-state index in [0.29, 0.717) is 0 Å². The van der Waals surface area contributed by atoms with Crippen molar-refractivity contribution in [1.29, 1.82) is 0 Å². The Morgan fingerprint density at radius 1 is 1.25 bits per heavy atom. The Balaban J connectivity index is 1.84. The molecule has 0 saturated heterocycles. The number of rotatable bonds is 4. The predicted molar refractivity (Wildman–Crippen MR) is 76.5 cm³/mol. The first-order chi connectivity index (χ1) is 9.74. The van der Waals surface area contributed by atoms with E-state index >= 15 is 0 Å². The maximum Gasteiger partial charge on any atom is 0.270 e. The molecule has 0 N–H and O–H groups in total. The van der Waals surface area contributed by atoms with E-state index in [2.05, 4.69) is 9.55 Å². The van der Waals surface area contributed by atoms with E-state index < -0.39 is 0 Å². The standard InChI is InChI=1S/C15H13N3O2/c19-18(20)14-3-4-15-13(10-14)6-9-17(15)8-5-12-2-1-7-16-11-12/h1-4,6-7,9-11H,5,8H2. The van der Waals surface area contributed by atoms with E-state index in [1.807, 2.05) is 30.6 Å². The molecule has 0 unspecified atom stereocenters. The van der Waals surface area contributed by atoms with Gasteiger partial charge in [0.2, 0.25) is 0 Å². The van der Waals surface area contributed by atoms with Gasteiger partial charge < -0.3 is 4.57 Å². The van der Waals surface area contributed by atoms with Crippen LogP contribution in [0.1, 0.15) is 5.56 Å². The molecule has 0 atom stereocenters. The maximum absolute atomic E-state index is 10.8. The van der Waals surface area contributed by atoms with Crippen molar-refractivity contribution in [2.45, 2.75) is 13.0 Å². The van der Waals surface area contributed by atoms with Crippen LogP contribution in [0.5, 0.6) is 0 Å². The molecule has 0 amide bonds. The summed E-state index contributed by atoms with van der Waals surface area (Å²) in [6, 6.07) is 10.8. The minimum absolute atomic E-state index is 0.127. The molecule has 0 fully saturated rings. The van der Waals surface area contributed by atoms with Gasteiger partial charge in [-0.1, -0.05) is 6.07 Å². The molecule has 0 radical (unpaired) electrons. The zero-order valence-electron chi connectivity index (χ0n) is 10.8. The fourth-order valence-corrected chi connectivity index (χ4v) is 2.29. The van der Waals surface area contributed by atoms with Gasteiger partial charge in [0.25, 0.3) is 5.69 Å². The van der Waals surface area contributed by atoms with Crippen LogP contribution in [0.15, 0.2) is 55.0 Å². The summed E-state index contributed by atoms with van der Waals surface area (Å²) in [7, 11) is 0. The number of fused-ring (bicyclic) bond motifs is 1. The minimum atomic E-state index is -0.369. The summed E-state index contributed by atoms with van der Waals surface area (Å²) >= 11 is 0. The lowest BCUT2D eigenvalue weighted by Crippen LogP contribution is -2.00. The highest BCUT2D eigenvalue weighted by Gasteiger charge is 2.08. The van der Waals surface area contributed by atoms with E-state index in [9.17, 15) is 10.1 Å². The van der Waals surface area contributed by atoms with Crippen molar-refractivity contribution in [1.82, 2.24) is 9.55 Å². The van der Waals surface area contributed by atoms with Crippen LogP contribution in [0, 0.1) is 10.1 Å². The first kappa shape index (κ1) is 12.3. The SMILES string of the molecule is O=[N+]([O-])c1ccc2c(ccn2CCc2cccnc2)c1. The molecular weight excluding hydrogens is 254 g/mol. The van der Waals surface area contributed by atoms with Gasteiger partial charge in [0, 0.05) is 48.2 Å². The number of benzene rings is 1. The molecule has 1 aromatic carbocycles. The Morgan fingerprint density at radius 3 is 2.90 bits per heavy atom. The van der Waals surface area contributed by atoms with Crippen LogP contribution in [0.3, 0.4) is 0 Å². The highest BCUT2D eigenvalue weighted by molar-refractivity contribution is 5.82. The molecular formula is C15H13N3O2. The number of nitro benzene ring substituents is 1. The summed E-state index contributed by atoms with van der Waals surface area (Å²) in [6.07, 6.45) is 6.46. The van der Waals surface area contributed by atoms with Crippen LogP contribution >= 0.6 is 0 Å². The fourth-order valence-electron chi connectivity index (χ4n) is 2.29. The summed E-state index contributed by atoms with van der Waals surface area (Å²) in [4.78, 5) is 14.5. The van der Waals surface area contributed by atoms with Gasteiger partial charge in [0.1, 0.15) is 0 Å². The zero-order chi connectivity index (χ0) is 13.9. The average Bonchev–Trinajstić information content (AvgIpc) is 2.88. The molecule has 5 nitrogen and oxygen atoms in total. The van der Waals surface area contributed by atoms with E-state index in [1.165, 1.54) is 5.56 Å². The quantitative estimate of drug-likeness (QED) is 0.538. The Morgan fingerprint density at radius 2 is 2.15 bits per heavy atom. The van der Waals surface area contributed by atoms with Gasteiger partial charge in [0.05, 0.1) is 4.92 Å². The van der Waals surface area contributed by atoms with Gasteiger partial charge >= 0.3 is 0 Å². The number of non-ortho nitro benzene ring substituents is 1. The van der Waals surface area contributed by atoms with Crippen LogP contribution < -0.4 is 0 Å². The van der Waals surface area contributed by atoms with Gasteiger partial charge in [-0.15, -0.1) is 0 Å². The highest BCUT2D eigenvalue weighted by Crippen LogP contribution is 2.22. The summed E-state index contributed by atoms with van der Waals surface area (Å²) < 4.78 is 2.10. The number of nitro groups is 1. The zero-order valence-corrected chi connectivity index (χ0v) is 10.8. The van der Waals surface area contributed by atoms with Crippen molar-refractivity contribution in [3.63, 3.8) is 0 Å². The molecule has 0 aliphatic carbocycles. The second kappa shape index (κ2) is 5.13. The molecule has 3 rings (SSSR count). The van der Waals surface area contributed by atoms with E-state index in [1.54, 1.807) is 24.4 Å². The van der Waals surface area contributed by atoms with Crippen molar-refractivity contribution >= 4 is 16.6 Å². The topological polar surface area (TPSA) is 61.0 Å². The second-order valence-electron chi connectivity index (χ2n) is 4.62. The summed E-state index contributed by atoms with van der Waals surface area (Å²) in [5, 5.41) is 11.6. The van der Waals surface area contributed by atoms with Crippen molar-refractivity contribution < 1.29 is 4.92 Å². The molecule has 0 aliphatic heterocycles. The van der Waals surface area contributed by atoms with Crippen LogP contribution in [0.2, 0.25) is 0 Å². The van der Waals surface area contributed by atoms with Gasteiger partial charge in [-0.2, -0.15) is 0 Å². The Bertz CT molecular complexity index is 750. The normalized spacial score (nSPS) is 10.8. The van der Waals surface area contributed by atoms with Crippen LogP contribution in [-0.4, -0.2) is 14.5 Å². The lowest BCUT2D eigenvalue weighted by Gasteiger charge is -2.05. The summed E-state index contributed by atoms with van der Waals surface area (Å²) in [5.41, 5.74) is 2.32. The van der Waals surface area contributed by atoms with Gasteiger partial charge in [-0.25, -0.2) is 0 Å². The number of pyridine rings is 1. The number of hydrogen-bond donors (Lipinski definition) is 0. The molecule has 2 aromatic heterocycles. The summed E-state index contributed by atoms with van der Waals surface area (Å²) in [6.45, 7) is 0.826. The Kier molecular flexibility index (Phi) is 3.16. The van der Waals surface area contributed by atoms with Crippen molar-refractivity contribution in [2.75, 3.05) is 0 Å². The third kappa shape index (κ3) is 2.38. The van der Waals surface area contributed by atoms with Crippen molar-refractivity contribution in [3.8, 4) is 0 Å². The van der Waals surface area contributed by atoms with Gasteiger partial charge in [-0.3, -0.25) is 15.1 Å². The van der Waals surface area contributed by atoms with Crippen LogP contribution in [-0.2, 0) is 13.0 Å². The van der Waals surface area contributed by atoms with Crippen molar-refractivity contribution in [3.05, 3.63) is 70.7 Å². The molecule has 100 valence electrons. The molecule has 3 aromatic rings. The fraction of sp³-hybridized carbons (Fsp3) is 0.133. The molecule has 20 heavy (non-hydrogen) atoms. The molecule has 5 heteroatoms. The van der Waals surface area contributed by atoms with Gasteiger partial charge in [0.15, 0.2) is 0 Å². The van der Waals surface area contributed by atoms with Crippen LogP contribution in [0.25, 0.3) is 10.9 Å². The predicted octanol–water partition coefficient (Wildman–Crippen LogP) is 3.19. The molecule has 0 bridgehead atoms. The maximum atomic E-state index is 10.8. The molecule has 2 heterocycles. The Hall–Kier alpha value is -2.69. The lowest BCUT2D eigenvalue weighted by molar-refractivity contribution is -0.384. The molecule has 0 spiro atoms. The lowest BCUT2D eigenvalue weighted by atomic mass is 10.2. The first-order valence-electron chi connectivity index (χ1n) is 6.36. The van der Waals surface area contributed by atoms with Crippen LogP contribution in [0.4, 0.5) is 5.69 Å². The number of nitrogens with zero attached hydrogens (tertiary/aromatic N) is 3. The largest absolute Gasteiger partial charge is 0.347 e. The minimum Gasteiger partial charge on any atom is -0.347 e. The molecule has 0 aliphatic rings. The number of aryl methyl sites for hydroxylation is 2. The second-order valence-corrected chi connectivity index (χ2v) is 4.62. The smallest absolute Gasteiger partial charge is 0.270 e. The Labute approximate surface area is 115 Å². The average molecular weight is 267 g/mol. The highest BCUT2D eigenvalue weighted by atomic mass is 16.6. The van der Waals surface area contributed by atoms with Crippen molar-refractivity contribution in [2.24, 2.45) is 0 Å². The monoisotopic (exact) mass is 267 g/mol. The first-order valence-corrected chi connectivity index (χ1v) is 6.36. The third-order valence-electron chi connectivity index (χ3n) is 3.33. The van der Waals surface area contributed by atoms with Gasteiger partial charge in [-0.05, 0) is 30.2 Å².